The molecule has 0 aromatic carbocycles. The molecule has 0 aromatic heterocycles. The predicted molar refractivity (Wildman–Crippen MR) is 52.5 cm³/mol. The van der Waals surface area contributed by atoms with Gasteiger partial charge in [0.25, 0.3) is 0 Å². The van der Waals surface area contributed by atoms with E-state index in [0.717, 1.165) is 10.8 Å². The minimum atomic E-state index is 0.254. The van der Waals surface area contributed by atoms with Gasteiger partial charge in [0.1, 0.15) is 5.78 Å². The van der Waals surface area contributed by atoms with E-state index in [9.17, 15) is 4.79 Å². The lowest BCUT2D eigenvalue weighted by Crippen LogP contribution is -2.11. The number of ketones is 1. The van der Waals surface area contributed by atoms with Crippen molar-refractivity contribution < 1.29 is 4.79 Å². The van der Waals surface area contributed by atoms with Crippen LogP contribution in [0.15, 0.2) is 0 Å². The molecule has 0 fully saturated rings. The Bertz CT molecular complexity index is 112. The van der Waals surface area contributed by atoms with Crippen molar-refractivity contribution in [1.29, 1.82) is 0 Å². The van der Waals surface area contributed by atoms with E-state index < -0.39 is 0 Å². The molecule has 60 valence electrons. The van der Waals surface area contributed by atoms with Gasteiger partial charge in [-0.1, -0.05) is 36.4 Å². The third kappa shape index (κ3) is 4.25. The second-order valence-electron chi connectivity index (χ2n) is 3.01. The molecule has 0 unspecified atom stereocenters. The van der Waals surface area contributed by atoms with Crippen LogP contribution in [0.5, 0.6) is 0 Å². The Hall–Kier alpha value is 0.400. The van der Waals surface area contributed by atoms with Crippen molar-refractivity contribution >= 4 is 28.4 Å². The maximum atomic E-state index is 10.8. The van der Waals surface area contributed by atoms with E-state index in [1.165, 1.54) is 0 Å². The summed E-state index contributed by atoms with van der Waals surface area (Å²) in [5.74, 6) is 1.25. The van der Waals surface area contributed by atoms with E-state index in [-0.39, 0.29) is 5.92 Å². The zero-order valence-corrected chi connectivity index (χ0v) is 9.01. The largest absolute Gasteiger partial charge is 0.300 e. The van der Waals surface area contributed by atoms with Crippen molar-refractivity contribution in [2.45, 2.75) is 27.2 Å². The van der Waals surface area contributed by atoms with Gasteiger partial charge < -0.3 is 0 Å². The van der Waals surface area contributed by atoms with Crippen LogP contribution in [0, 0.1) is 11.8 Å². The van der Waals surface area contributed by atoms with E-state index in [1.807, 2.05) is 6.92 Å². The number of hydrogen-bond donors (Lipinski definition) is 0. The molecule has 0 N–H and O–H groups in total. The summed E-state index contributed by atoms with van der Waals surface area (Å²) in [5, 5.41) is 0. The Morgan fingerprint density at radius 1 is 1.50 bits per heavy atom. The molecular formula is C8H15IO. The molecule has 1 nitrogen and oxygen atoms in total. The summed E-state index contributed by atoms with van der Waals surface area (Å²) in [5.41, 5.74) is 0. The molecule has 0 rings (SSSR count). The highest BCUT2D eigenvalue weighted by atomic mass is 127. The fourth-order valence-electron chi connectivity index (χ4n) is 0.833. The van der Waals surface area contributed by atoms with Crippen LogP contribution >= 0.6 is 22.6 Å². The van der Waals surface area contributed by atoms with Gasteiger partial charge in [0, 0.05) is 10.3 Å². The lowest BCUT2D eigenvalue weighted by molar-refractivity contribution is -0.120. The second-order valence-corrected chi connectivity index (χ2v) is 3.89. The summed E-state index contributed by atoms with van der Waals surface area (Å²) in [4.78, 5) is 10.8. The van der Waals surface area contributed by atoms with Gasteiger partial charge >= 0.3 is 0 Å². The van der Waals surface area contributed by atoms with Gasteiger partial charge in [-0.2, -0.15) is 0 Å². The summed E-state index contributed by atoms with van der Waals surface area (Å²) in [6.07, 6.45) is 1.04. The molecule has 0 spiro atoms. The first-order chi connectivity index (χ1) is 4.57. The molecule has 2 heteroatoms. The number of rotatable bonds is 4. The molecule has 0 saturated carbocycles. The molecule has 0 radical (unpaired) electrons. The highest BCUT2D eigenvalue weighted by Gasteiger charge is 2.10. The van der Waals surface area contributed by atoms with E-state index in [0.29, 0.717) is 11.7 Å². The molecule has 0 aliphatic heterocycles. The molecule has 0 aliphatic rings. The highest BCUT2D eigenvalue weighted by molar-refractivity contribution is 14.1. The van der Waals surface area contributed by atoms with E-state index in [1.54, 1.807) is 6.92 Å². The van der Waals surface area contributed by atoms with Crippen molar-refractivity contribution in [2.75, 3.05) is 4.43 Å². The monoisotopic (exact) mass is 254 g/mol. The number of carbonyl (C=O) groups is 1. The van der Waals surface area contributed by atoms with Gasteiger partial charge in [0.2, 0.25) is 0 Å². The van der Waals surface area contributed by atoms with E-state index in [2.05, 4.69) is 29.5 Å². The lowest BCUT2D eigenvalue weighted by Gasteiger charge is -2.11. The van der Waals surface area contributed by atoms with Crippen LogP contribution < -0.4 is 0 Å². The zero-order valence-electron chi connectivity index (χ0n) is 6.86. The number of hydrogen-bond acceptors (Lipinski definition) is 1. The molecule has 0 aliphatic carbocycles. The maximum Gasteiger partial charge on any atom is 0.132 e. The van der Waals surface area contributed by atoms with Crippen LogP contribution in [0.3, 0.4) is 0 Å². The summed E-state index contributed by atoms with van der Waals surface area (Å²) in [6, 6.07) is 0. The quantitative estimate of drug-likeness (QED) is 0.556. The van der Waals surface area contributed by atoms with Crippen molar-refractivity contribution in [2.24, 2.45) is 11.8 Å². The number of alkyl halides is 1. The Labute approximate surface area is 76.7 Å². The van der Waals surface area contributed by atoms with Gasteiger partial charge in [0.15, 0.2) is 0 Å². The van der Waals surface area contributed by atoms with Gasteiger partial charge in [-0.05, 0) is 19.3 Å². The zero-order chi connectivity index (χ0) is 8.15. The van der Waals surface area contributed by atoms with Crippen molar-refractivity contribution in [3.63, 3.8) is 0 Å². The second kappa shape index (κ2) is 5.10. The van der Waals surface area contributed by atoms with Crippen LogP contribution in [-0.2, 0) is 4.79 Å². The van der Waals surface area contributed by atoms with Gasteiger partial charge in [0.05, 0.1) is 0 Å². The van der Waals surface area contributed by atoms with Gasteiger partial charge in [-0.25, -0.2) is 0 Å². The van der Waals surface area contributed by atoms with Crippen molar-refractivity contribution in [1.82, 2.24) is 0 Å². The van der Waals surface area contributed by atoms with Gasteiger partial charge in [-0.3, -0.25) is 4.79 Å². The van der Waals surface area contributed by atoms with Crippen LogP contribution in [0.1, 0.15) is 27.2 Å². The molecule has 0 aromatic rings. The van der Waals surface area contributed by atoms with Crippen LogP contribution in [0.2, 0.25) is 0 Å². The molecule has 2 atom stereocenters. The molecule has 0 amide bonds. The fourth-order valence-corrected chi connectivity index (χ4v) is 1.19. The number of carbonyl (C=O) groups excluding carboxylic acids is 1. The minimum Gasteiger partial charge on any atom is -0.300 e. The Morgan fingerprint density at radius 2 is 2.00 bits per heavy atom. The summed E-state index contributed by atoms with van der Waals surface area (Å²) in [6.45, 7) is 5.86. The van der Waals surface area contributed by atoms with Gasteiger partial charge in [-0.15, -0.1) is 0 Å². The highest BCUT2D eigenvalue weighted by Crippen LogP contribution is 2.14. The average molecular weight is 254 g/mol. The maximum absolute atomic E-state index is 10.8. The Morgan fingerprint density at radius 3 is 2.30 bits per heavy atom. The van der Waals surface area contributed by atoms with Crippen LogP contribution in [-0.4, -0.2) is 10.2 Å². The topological polar surface area (TPSA) is 17.1 Å². The third-order valence-corrected chi connectivity index (χ3v) is 3.22. The van der Waals surface area contributed by atoms with E-state index >= 15 is 0 Å². The number of Topliss-reactive ketones (excluding diaryl/α,β-unsaturated/α-hetero) is 1. The fraction of sp³-hybridized carbons (Fsp3) is 0.875. The predicted octanol–water partition coefficient (Wildman–Crippen LogP) is 2.67. The Balaban J connectivity index is 3.56. The average Bonchev–Trinajstić information content (AvgIpc) is 1.87. The minimum absolute atomic E-state index is 0.254. The first kappa shape index (κ1) is 10.4. The molecule has 0 bridgehead atoms. The van der Waals surface area contributed by atoms with Crippen molar-refractivity contribution in [3.8, 4) is 0 Å². The molecular weight excluding hydrogens is 239 g/mol. The molecule has 10 heavy (non-hydrogen) atoms. The SMILES string of the molecule is CC(=O)[C@H](C)C[C@H](C)CI. The molecule has 0 saturated heterocycles. The molecule has 0 heterocycles. The van der Waals surface area contributed by atoms with Crippen molar-refractivity contribution in [3.05, 3.63) is 0 Å². The van der Waals surface area contributed by atoms with E-state index in [4.69, 9.17) is 0 Å². The smallest absolute Gasteiger partial charge is 0.132 e. The first-order valence-electron chi connectivity index (χ1n) is 3.64. The van der Waals surface area contributed by atoms with Crippen LogP contribution in [0.25, 0.3) is 0 Å². The third-order valence-electron chi connectivity index (χ3n) is 1.71. The lowest BCUT2D eigenvalue weighted by atomic mass is 9.96. The summed E-state index contributed by atoms with van der Waals surface area (Å²) >= 11 is 2.36. The number of halogens is 1. The van der Waals surface area contributed by atoms with Crippen LogP contribution in [0.4, 0.5) is 0 Å². The standard InChI is InChI=1S/C8H15IO/c1-6(5-9)4-7(2)8(3)10/h6-7H,4-5H2,1-3H3/t6-,7+/m0/s1. The normalized spacial score (nSPS) is 16.4. The summed E-state index contributed by atoms with van der Waals surface area (Å²) < 4.78 is 1.15. The summed E-state index contributed by atoms with van der Waals surface area (Å²) in [7, 11) is 0. The first-order valence-corrected chi connectivity index (χ1v) is 5.17. The Kier molecular flexibility index (Phi) is 5.31.